The van der Waals surface area contributed by atoms with Crippen molar-refractivity contribution in [1.82, 2.24) is 0 Å². The van der Waals surface area contributed by atoms with E-state index < -0.39 is 0 Å². The summed E-state index contributed by atoms with van der Waals surface area (Å²) < 4.78 is 28.1. The van der Waals surface area contributed by atoms with Gasteiger partial charge in [-0.05, 0) is 25.3 Å². The zero-order valence-electron chi connectivity index (χ0n) is 10.8. The molecule has 0 bridgehead atoms. The first-order valence-electron chi connectivity index (χ1n) is 5.42. The molecule has 1 saturated heterocycles. The van der Waals surface area contributed by atoms with Crippen LogP contribution in [0.5, 0.6) is 0 Å². The first kappa shape index (κ1) is 22.4. The van der Waals surface area contributed by atoms with Crippen LogP contribution < -0.4 is 0 Å². The summed E-state index contributed by atoms with van der Waals surface area (Å²) in [7, 11) is 0. The molecule has 0 aromatic heterocycles. The Labute approximate surface area is 135 Å². The molecular weight excluding hydrogens is 312 g/mol. The smallest absolute Gasteiger partial charge is 0 e. The van der Waals surface area contributed by atoms with Crippen molar-refractivity contribution in [3.05, 3.63) is 69.3 Å². The van der Waals surface area contributed by atoms with E-state index in [4.69, 9.17) is 18.7 Å². The monoisotopic (exact) mass is 322 g/mol. The molecular formula is C15H10CrO5. The van der Waals surface area contributed by atoms with E-state index in [-0.39, 0.29) is 29.1 Å². The van der Waals surface area contributed by atoms with Crippen LogP contribution in [-0.4, -0.2) is 12.4 Å². The summed E-state index contributed by atoms with van der Waals surface area (Å²) in [6, 6.07) is 0. The van der Waals surface area contributed by atoms with Crippen molar-refractivity contribution in [2.75, 3.05) is 6.61 Å². The molecule has 6 heteroatoms. The van der Waals surface area contributed by atoms with Crippen LogP contribution in [0.2, 0.25) is 0 Å². The summed E-state index contributed by atoms with van der Waals surface area (Å²) >= 11 is 0. The number of fused-ring (bicyclic) bond motifs is 3. The Balaban J connectivity index is 0. The molecule has 3 aliphatic rings. The van der Waals surface area contributed by atoms with Gasteiger partial charge in [-0.15, -0.1) is 0 Å². The van der Waals surface area contributed by atoms with Gasteiger partial charge in [-0.1, -0.05) is 5.57 Å². The van der Waals surface area contributed by atoms with E-state index in [1.165, 1.54) is 0 Å². The number of hydrogen-bond donors (Lipinski definition) is 0. The molecule has 2 fully saturated rings. The van der Waals surface area contributed by atoms with Gasteiger partial charge in [0, 0.05) is 42.0 Å². The number of allylic oxidation sites excluding steroid dienone is 1. The van der Waals surface area contributed by atoms with Crippen LogP contribution in [0, 0.1) is 63.6 Å². The largest absolute Gasteiger partial charge is 0 e. The summed E-state index contributed by atoms with van der Waals surface area (Å²) in [5.74, 6) is 1.61. The van der Waals surface area contributed by atoms with Gasteiger partial charge in [0.05, 0.1) is 6.61 Å². The normalized spacial score (nSPS) is 22.9. The number of ether oxygens (including phenoxy) is 1. The maximum Gasteiger partial charge on any atom is 0 e. The van der Waals surface area contributed by atoms with Crippen LogP contribution in [0.25, 0.3) is 0 Å². The van der Waals surface area contributed by atoms with Crippen molar-refractivity contribution >= 4 is 5.78 Å². The molecule has 0 N–H and O–H groups in total. The zero-order chi connectivity index (χ0) is 15.5. The minimum atomic E-state index is 0. The molecule has 0 amide bonds. The average Bonchev–Trinajstić information content (AvgIpc) is 2.94. The molecule has 1 unspecified atom stereocenters. The molecule has 0 aromatic carbocycles. The van der Waals surface area contributed by atoms with Gasteiger partial charge in [0.1, 0.15) is 6.10 Å². The maximum absolute atomic E-state index is 11.3. The van der Waals surface area contributed by atoms with E-state index in [9.17, 15) is 4.79 Å². The van der Waals surface area contributed by atoms with Crippen molar-refractivity contribution in [1.29, 1.82) is 0 Å². The van der Waals surface area contributed by atoms with Crippen LogP contribution in [0.1, 0.15) is 6.42 Å². The van der Waals surface area contributed by atoms with E-state index in [0.717, 1.165) is 17.6 Å². The molecule has 6 radical (unpaired) electrons. The topological polar surface area (TPSA) is 86.0 Å². The van der Waals surface area contributed by atoms with Crippen LogP contribution >= 0.6 is 0 Å². The Bertz CT molecular complexity index is 396. The minimum Gasteiger partial charge on any atom is 0 e. The summed E-state index contributed by atoms with van der Waals surface area (Å²) in [4.78, 5) is 11.3. The van der Waals surface area contributed by atoms with Crippen molar-refractivity contribution in [2.45, 2.75) is 6.42 Å². The molecule has 1 saturated carbocycles. The van der Waals surface area contributed by atoms with Crippen LogP contribution in [0.3, 0.4) is 0 Å². The van der Waals surface area contributed by atoms with Crippen molar-refractivity contribution < 1.29 is 40.8 Å². The molecule has 1 heterocycles. The van der Waals surface area contributed by atoms with Gasteiger partial charge in [0.2, 0.25) is 0 Å². The predicted molar refractivity (Wildman–Crippen MR) is 62.6 cm³/mol. The SMILES string of the molecule is O=C1C=C2[C]3[CH][CH][CH][CH][C]3OCC2C1.[C-]#[O+].[C-]#[O+].[C-]#[O+].[Cr]. The number of rotatable bonds is 0. The first-order chi connectivity index (χ1) is 9.84. The fourth-order valence-corrected chi connectivity index (χ4v) is 2.17. The number of carbonyl (C=O) groups is 1. The standard InChI is InChI=1S/C12H10O2.3CO.Cr/c13-9-5-8-7-14-12-4-2-1-3-10(12)11(8)6-9;3*1-2;/h1-4,6,8H,5,7H2;;;;. The Morgan fingerprint density at radius 3 is 2.24 bits per heavy atom. The third-order valence-corrected chi connectivity index (χ3v) is 2.84. The summed E-state index contributed by atoms with van der Waals surface area (Å²) in [6.07, 6.45) is 11.2. The molecule has 1 atom stereocenters. The second-order valence-corrected chi connectivity index (χ2v) is 3.77. The van der Waals surface area contributed by atoms with Gasteiger partial charge in [0.15, 0.2) is 5.78 Å². The van der Waals surface area contributed by atoms with Crippen molar-refractivity contribution in [2.24, 2.45) is 5.92 Å². The van der Waals surface area contributed by atoms with Crippen LogP contribution in [-0.2, 0) is 40.8 Å². The molecule has 106 valence electrons. The van der Waals surface area contributed by atoms with Gasteiger partial charge in [0.25, 0.3) is 0 Å². The van der Waals surface area contributed by atoms with E-state index >= 15 is 0 Å². The number of hydrogen-bond acceptors (Lipinski definition) is 2. The first-order valence-corrected chi connectivity index (χ1v) is 5.42. The minimum absolute atomic E-state index is 0. The Hall–Kier alpha value is -0.878. The van der Waals surface area contributed by atoms with E-state index in [0.29, 0.717) is 13.0 Å². The summed E-state index contributed by atoms with van der Waals surface area (Å²) in [5.41, 5.74) is 1.16. The van der Waals surface area contributed by atoms with Gasteiger partial charge >= 0.3 is 33.9 Å². The number of carbonyl (C=O) groups excluding carboxylic acids is 1. The maximum atomic E-state index is 11.3. The van der Waals surface area contributed by atoms with E-state index in [2.05, 4.69) is 20.0 Å². The van der Waals surface area contributed by atoms with E-state index in [1.807, 2.05) is 25.7 Å². The molecule has 21 heavy (non-hydrogen) atoms. The molecule has 3 rings (SSSR count). The van der Waals surface area contributed by atoms with Crippen molar-refractivity contribution in [3.63, 3.8) is 0 Å². The summed E-state index contributed by atoms with van der Waals surface area (Å²) in [6.45, 7) is 14.1. The fraction of sp³-hybridized carbons (Fsp3) is 0.200. The fourth-order valence-electron chi connectivity index (χ4n) is 2.17. The Kier molecular flexibility index (Phi) is 13.7. The van der Waals surface area contributed by atoms with Crippen LogP contribution in [0.4, 0.5) is 0 Å². The molecule has 5 nitrogen and oxygen atoms in total. The molecule has 2 aliphatic carbocycles. The second-order valence-electron chi connectivity index (χ2n) is 3.77. The van der Waals surface area contributed by atoms with Gasteiger partial charge in [-0.25, -0.2) is 0 Å². The van der Waals surface area contributed by atoms with E-state index in [1.54, 1.807) is 6.08 Å². The average molecular weight is 322 g/mol. The Morgan fingerprint density at radius 1 is 1.05 bits per heavy atom. The molecule has 0 spiro atoms. The Morgan fingerprint density at radius 2 is 1.62 bits per heavy atom. The molecule has 0 aromatic rings. The second kappa shape index (κ2) is 12.8. The predicted octanol–water partition coefficient (Wildman–Crippen LogP) is 1.35. The van der Waals surface area contributed by atoms with Gasteiger partial charge in [-0.3, -0.25) is 4.79 Å². The quantitative estimate of drug-likeness (QED) is 0.498. The summed E-state index contributed by atoms with van der Waals surface area (Å²) in [5, 5.41) is 0. The molecule has 1 aliphatic heterocycles. The third kappa shape index (κ3) is 5.79. The van der Waals surface area contributed by atoms with Crippen LogP contribution in [0.15, 0.2) is 11.6 Å². The third-order valence-electron chi connectivity index (χ3n) is 2.84. The van der Waals surface area contributed by atoms with Crippen molar-refractivity contribution in [3.8, 4) is 0 Å². The number of ketones is 1. The van der Waals surface area contributed by atoms with Gasteiger partial charge in [-0.2, -0.15) is 0 Å². The van der Waals surface area contributed by atoms with Gasteiger partial charge < -0.3 is 4.74 Å². The zero-order valence-corrected chi connectivity index (χ0v) is 12.1.